The van der Waals surface area contributed by atoms with E-state index in [0.717, 1.165) is 5.56 Å². The lowest BCUT2D eigenvalue weighted by molar-refractivity contribution is 0.339. The largest absolute Gasteiger partial charge is 0.504 e. The average Bonchev–Trinajstić information content (AvgIpc) is 2.48. The highest BCUT2D eigenvalue weighted by Gasteiger charge is 2.07. The van der Waals surface area contributed by atoms with Crippen molar-refractivity contribution in [3.63, 3.8) is 0 Å². The van der Waals surface area contributed by atoms with E-state index in [2.05, 4.69) is 5.32 Å². The van der Waals surface area contributed by atoms with E-state index in [-0.39, 0.29) is 11.6 Å². The van der Waals surface area contributed by atoms with Crippen molar-refractivity contribution in [2.24, 2.45) is 0 Å². The standard InChI is InChI=1S/C16H18FNO3/c1-3-21-15-9-12(17)5-6-13(15)18-10-11-4-7-14(19)16(8-11)20-2/h4-9,18-19H,3,10H2,1-2H3. The summed E-state index contributed by atoms with van der Waals surface area (Å²) in [6.07, 6.45) is 0. The highest BCUT2D eigenvalue weighted by Crippen LogP contribution is 2.28. The number of phenols is 1. The molecule has 0 saturated heterocycles. The Morgan fingerprint density at radius 2 is 1.95 bits per heavy atom. The maximum absolute atomic E-state index is 13.2. The van der Waals surface area contributed by atoms with Crippen LogP contribution >= 0.6 is 0 Å². The fourth-order valence-electron chi connectivity index (χ4n) is 1.95. The first-order valence-electron chi connectivity index (χ1n) is 6.66. The fourth-order valence-corrected chi connectivity index (χ4v) is 1.95. The van der Waals surface area contributed by atoms with E-state index in [1.54, 1.807) is 24.3 Å². The second-order valence-electron chi connectivity index (χ2n) is 4.43. The summed E-state index contributed by atoms with van der Waals surface area (Å²) in [6, 6.07) is 9.47. The Hall–Kier alpha value is -2.43. The van der Waals surface area contributed by atoms with Gasteiger partial charge in [-0.15, -0.1) is 0 Å². The van der Waals surface area contributed by atoms with Crippen molar-refractivity contribution < 1.29 is 19.0 Å². The number of methoxy groups -OCH3 is 1. The van der Waals surface area contributed by atoms with Gasteiger partial charge in [0.2, 0.25) is 0 Å². The van der Waals surface area contributed by atoms with Gasteiger partial charge in [0.15, 0.2) is 11.5 Å². The predicted molar refractivity (Wildman–Crippen MR) is 79.6 cm³/mol. The Bertz CT molecular complexity index is 616. The molecule has 21 heavy (non-hydrogen) atoms. The first kappa shape index (κ1) is 15.0. The van der Waals surface area contributed by atoms with Gasteiger partial charge in [-0.1, -0.05) is 6.07 Å². The zero-order valence-corrected chi connectivity index (χ0v) is 12.0. The number of aromatic hydroxyl groups is 1. The molecule has 4 nitrogen and oxygen atoms in total. The van der Waals surface area contributed by atoms with Gasteiger partial charge in [-0.25, -0.2) is 4.39 Å². The number of halogens is 1. The van der Waals surface area contributed by atoms with Crippen LogP contribution < -0.4 is 14.8 Å². The van der Waals surface area contributed by atoms with Gasteiger partial charge in [0.1, 0.15) is 11.6 Å². The second kappa shape index (κ2) is 6.83. The maximum Gasteiger partial charge on any atom is 0.160 e. The molecular formula is C16H18FNO3. The minimum Gasteiger partial charge on any atom is -0.504 e. The Morgan fingerprint density at radius 3 is 2.67 bits per heavy atom. The van der Waals surface area contributed by atoms with Gasteiger partial charge in [-0.3, -0.25) is 0 Å². The Morgan fingerprint density at radius 1 is 1.14 bits per heavy atom. The van der Waals surface area contributed by atoms with Crippen molar-refractivity contribution >= 4 is 5.69 Å². The third-order valence-electron chi connectivity index (χ3n) is 2.97. The molecule has 112 valence electrons. The molecule has 5 heteroatoms. The van der Waals surface area contributed by atoms with Crippen LogP contribution in [0.25, 0.3) is 0 Å². The molecule has 0 aromatic heterocycles. The van der Waals surface area contributed by atoms with Crippen LogP contribution in [0.4, 0.5) is 10.1 Å². The minimum atomic E-state index is -0.338. The van der Waals surface area contributed by atoms with E-state index >= 15 is 0 Å². The molecule has 0 fully saturated rings. The molecule has 0 saturated carbocycles. The molecule has 2 aromatic rings. The fraction of sp³-hybridized carbons (Fsp3) is 0.250. The van der Waals surface area contributed by atoms with Gasteiger partial charge < -0.3 is 19.9 Å². The molecule has 0 atom stereocenters. The SMILES string of the molecule is CCOc1cc(F)ccc1NCc1ccc(O)c(OC)c1. The van der Waals surface area contributed by atoms with Crippen LogP contribution in [0.5, 0.6) is 17.2 Å². The second-order valence-corrected chi connectivity index (χ2v) is 4.43. The summed E-state index contributed by atoms with van der Waals surface area (Å²) >= 11 is 0. The van der Waals surface area contributed by atoms with Gasteiger partial charge in [-0.2, -0.15) is 0 Å². The molecule has 0 heterocycles. The van der Waals surface area contributed by atoms with E-state index in [4.69, 9.17) is 9.47 Å². The molecule has 0 aliphatic carbocycles. The van der Waals surface area contributed by atoms with E-state index in [0.29, 0.717) is 30.3 Å². The highest BCUT2D eigenvalue weighted by atomic mass is 19.1. The van der Waals surface area contributed by atoms with Crippen molar-refractivity contribution in [1.29, 1.82) is 0 Å². The Kier molecular flexibility index (Phi) is 4.87. The minimum absolute atomic E-state index is 0.0954. The third-order valence-corrected chi connectivity index (χ3v) is 2.97. The quantitative estimate of drug-likeness (QED) is 0.854. The first-order chi connectivity index (χ1) is 10.1. The molecular weight excluding hydrogens is 273 g/mol. The molecule has 0 radical (unpaired) electrons. The lowest BCUT2D eigenvalue weighted by Gasteiger charge is -2.13. The van der Waals surface area contributed by atoms with Gasteiger partial charge >= 0.3 is 0 Å². The lowest BCUT2D eigenvalue weighted by atomic mass is 10.2. The van der Waals surface area contributed by atoms with Crippen molar-refractivity contribution in [1.82, 2.24) is 0 Å². The van der Waals surface area contributed by atoms with Gasteiger partial charge in [0.25, 0.3) is 0 Å². The molecule has 0 bridgehead atoms. The molecule has 0 aliphatic rings. The Balaban J connectivity index is 2.12. The predicted octanol–water partition coefficient (Wildman–Crippen LogP) is 3.55. The monoisotopic (exact) mass is 291 g/mol. The van der Waals surface area contributed by atoms with Crippen molar-refractivity contribution in [2.75, 3.05) is 19.0 Å². The lowest BCUT2D eigenvalue weighted by Crippen LogP contribution is -2.03. The number of ether oxygens (including phenoxy) is 2. The van der Waals surface area contributed by atoms with Gasteiger partial charge in [0.05, 0.1) is 19.4 Å². The van der Waals surface area contributed by atoms with E-state index in [9.17, 15) is 9.50 Å². The molecule has 0 aliphatic heterocycles. The number of phenolic OH excluding ortho intramolecular Hbond substituents is 1. The maximum atomic E-state index is 13.2. The van der Waals surface area contributed by atoms with Crippen LogP contribution in [0, 0.1) is 5.82 Å². The zero-order chi connectivity index (χ0) is 15.2. The smallest absolute Gasteiger partial charge is 0.160 e. The van der Waals surface area contributed by atoms with Gasteiger partial charge in [-0.05, 0) is 36.8 Å². The molecule has 2 rings (SSSR count). The van der Waals surface area contributed by atoms with Crippen molar-refractivity contribution in [2.45, 2.75) is 13.5 Å². The van der Waals surface area contributed by atoms with Crippen LogP contribution in [0.15, 0.2) is 36.4 Å². The molecule has 2 N–H and O–H groups in total. The van der Waals surface area contributed by atoms with Crippen molar-refractivity contribution in [3.8, 4) is 17.2 Å². The number of rotatable bonds is 6. The van der Waals surface area contributed by atoms with Crippen LogP contribution in [-0.4, -0.2) is 18.8 Å². The topological polar surface area (TPSA) is 50.7 Å². The Labute approximate surface area is 123 Å². The summed E-state index contributed by atoms with van der Waals surface area (Å²) in [5.41, 5.74) is 1.64. The zero-order valence-electron chi connectivity index (χ0n) is 12.0. The van der Waals surface area contributed by atoms with E-state index in [1.165, 1.54) is 19.2 Å². The highest BCUT2D eigenvalue weighted by molar-refractivity contribution is 5.57. The number of anilines is 1. The molecule has 2 aromatic carbocycles. The molecule has 0 amide bonds. The van der Waals surface area contributed by atoms with Gasteiger partial charge in [0, 0.05) is 12.6 Å². The van der Waals surface area contributed by atoms with Crippen LogP contribution in [0.1, 0.15) is 12.5 Å². The molecule has 0 unspecified atom stereocenters. The summed E-state index contributed by atoms with van der Waals surface area (Å²) in [5, 5.41) is 12.7. The first-order valence-corrected chi connectivity index (χ1v) is 6.66. The van der Waals surface area contributed by atoms with Crippen LogP contribution in [0.3, 0.4) is 0 Å². The summed E-state index contributed by atoms with van der Waals surface area (Å²) in [7, 11) is 1.50. The third kappa shape index (κ3) is 3.78. The average molecular weight is 291 g/mol. The summed E-state index contributed by atoms with van der Waals surface area (Å²) < 4.78 is 23.7. The summed E-state index contributed by atoms with van der Waals surface area (Å²) in [6.45, 7) is 2.81. The number of benzene rings is 2. The molecule has 0 spiro atoms. The van der Waals surface area contributed by atoms with E-state index in [1.807, 2.05) is 6.92 Å². The number of nitrogens with one attached hydrogen (secondary N) is 1. The number of hydrogen-bond acceptors (Lipinski definition) is 4. The van der Waals surface area contributed by atoms with E-state index < -0.39 is 0 Å². The van der Waals surface area contributed by atoms with Crippen molar-refractivity contribution in [3.05, 3.63) is 47.8 Å². The van der Waals surface area contributed by atoms with Crippen LogP contribution in [-0.2, 0) is 6.54 Å². The normalized spacial score (nSPS) is 10.2. The number of hydrogen-bond donors (Lipinski definition) is 2. The van der Waals surface area contributed by atoms with Crippen LogP contribution in [0.2, 0.25) is 0 Å². The summed E-state index contributed by atoms with van der Waals surface area (Å²) in [5.74, 6) is 0.648. The summed E-state index contributed by atoms with van der Waals surface area (Å²) in [4.78, 5) is 0.